The number of carbonyl (C=O) groups excluding carboxylic acids is 1. The van der Waals surface area contributed by atoms with Gasteiger partial charge in [0, 0.05) is 18.3 Å². The van der Waals surface area contributed by atoms with Crippen molar-refractivity contribution in [3.8, 4) is 0 Å². The number of hydrogen-bond donors (Lipinski definition) is 1. The zero-order valence-corrected chi connectivity index (χ0v) is 16.2. The van der Waals surface area contributed by atoms with Gasteiger partial charge in [0.25, 0.3) is 0 Å². The zero-order valence-electron chi connectivity index (χ0n) is 16.2. The summed E-state index contributed by atoms with van der Waals surface area (Å²) in [5, 5.41) is 9.84. The molecule has 2 heteroatoms. The molecule has 0 saturated heterocycles. The van der Waals surface area contributed by atoms with Crippen molar-refractivity contribution in [2.24, 2.45) is 17.3 Å². The molecule has 136 valence electrons. The highest BCUT2D eigenvalue weighted by Gasteiger charge is 2.43. The number of rotatable bonds is 1. The van der Waals surface area contributed by atoms with Crippen LogP contribution < -0.4 is 0 Å². The van der Waals surface area contributed by atoms with Gasteiger partial charge in [-0.25, -0.2) is 0 Å². The van der Waals surface area contributed by atoms with Gasteiger partial charge in [-0.15, -0.1) is 0 Å². The summed E-state index contributed by atoms with van der Waals surface area (Å²) in [7, 11) is 0. The molecule has 4 rings (SSSR count). The molecule has 25 heavy (non-hydrogen) atoms. The number of Topliss-reactive ketones (excluding diaryl/α,β-unsaturated/α-hetero) is 1. The van der Waals surface area contributed by atoms with Gasteiger partial charge in [-0.2, -0.15) is 0 Å². The van der Waals surface area contributed by atoms with Gasteiger partial charge < -0.3 is 9.90 Å². The largest absolute Gasteiger partial charge is 0.512 e. The predicted octanol–water partition coefficient (Wildman–Crippen LogP) is 6.22. The monoisotopic (exact) mass is 340 g/mol. The quantitative estimate of drug-likeness (QED) is 0.615. The third kappa shape index (κ3) is 3.28. The van der Waals surface area contributed by atoms with Crippen molar-refractivity contribution in [2.75, 3.05) is 0 Å². The minimum Gasteiger partial charge on any atom is -0.512 e. The van der Waals surface area contributed by atoms with E-state index in [-0.39, 0.29) is 11.2 Å². The topological polar surface area (TPSA) is 37.3 Å². The van der Waals surface area contributed by atoms with Crippen LogP contribution in [-0.4, -0.2) is 10.9 Å². The predicted molar refractivity (Wildman–Crippen MR) is 103 cm³/mol. The second kappa shape index (κ2) is 6.97. The third-order valence-electron chi connectivity index (χ3n) is 6.74. The first-order valence-corrected chi connectivity index (χ1v) is 9.89. The van der Waals surface area contributed by atoms with E-state index in [9.17, 15) is 9.90 Å². The molecule has 1 N–H and O–H groups in total. The Hall–Kier alpha value is -1.57. The number of carbonyl (C=O) groups is 1. The van der Waals surface area contributed by atoms with E-state index in [0.717, 1.165) is 31.1 Å². The second-order valence-electron chi connectivity index (χ2n) is 8.36. The van der Waals surface area contributed by atoms with Crippen LogP contribution in [0.4, 0.5) is 0 Å². The van der Waals surface area contributed by atoms with Gasteiger partial charge in [-0.05, 0) is 73.7 Å². The lowest BCUT2D eigenvalue weighted by molar-refractivity contribution is -0.116. The first kappa shape index (κ1) is 18.2. The Morgan fingerprint density at radius 3 is 2.72 bits per heavy atom. The summed E-state index contributed by atoms with van der Waals surface area (Å²) in [6.07, 6.45) is 14.5. The minimum absolute atomic E-state index is 0.192. The fourth-order valence-electron chi connectivity index (χ4n) is 4.95. The normalized spacial score (nSPS) is 33.0. The number of allylic oxidation sites excluding steroid dienone is 8. The number of fused-ring (bicyclic) bond motifs is 4. The molecule has 4 aliphatic carbocycles. The van der Waals surface area contributed by atoms with Gasteiger partial charge in [0.1, 0.15) is 5.78 Å². The molecule has 0 aromatic heterocycles. The van der Waals surface area contributed by atoms with Gasteiger partial charge in [0.05, 0.1) is 5.76 Å². The van der Waals surface area contributed by atoms with Crippen LogP contribution in [0.25, 0.3) is 0 Å². The summed E-state index contributed by atoms with van der Waals surface area (Å²) in [5.74, 6) is 2.48. The summed E-state index contributed by atoms with van der Waals surface area (Å²) in [5.41, 5.74) is 6.58. The lowest BCUT2D eigenvalue weighted by Gasteiger charge is -2.45. The van der Waals surface area contributed by atoms with E-state index in [1.807, 2.05) is 13.0 Å². The highest BCUT2D eigenvalue weighted by atomic mass is 16.3. The summed E-state index contributed by atoms with van der Waals surface area (Å²) in [6, 6.07) is 0. The maximum absolute atomic E-state index is 9.84. The van der Waals surface area contributed by atoms with Crippen molar-refractivity contribution in [1.82, 2.24) is 0 Å². The molecule has 0 aromatic carbocycles. The van der Waals surface area contributed by atoms with Gasteiger partial charge in [0.2, 0.25) is 0 Å². The molecule has 0 amide bonds. The van der Waals surface area contributed by atoms with Crippen LogP contribution >= 0.6 is 0 Å². The minimum atomic E-state index is 0.192. The van der Waals surface area contributed by atoms with Crippen LogP contribution in [0.1, 0.15) is 72.6 Å². The van der Waals surface area contributed by atoms with Crippen LogP contribution in [-0.2, 0) is 4.79 Å². The van der Waals surface area contributed by atoms with Crippen LogP contribution in [0.3, 0.4) is 0 Å². The molecule has 0 bridgehead atoms. The van der Waals surface area contributed by atoms with Gasteiger partial charge in [-0.3, -0.25) is 0 Å². The number of hydrogen-bond acceptors (Lipinski definition) is 2. The highest BCUT2D eigenvalue weighted by molar-refractivity contribution is 5.74. The zero-order chi connectivity index (χ0) is 18.2. The number of aliphatic hydroxyl groups excluding tert-OH is 1. The highest BCUT2D eigenvalue weighted by Crippen LogP contribution is 2.56. The summed E-state index contributed by atoms with van der Waals surface area (Å²) in [6.45, 7) is 8.24. The van der Waals surface area contributed by atoms with E-state index < -0.39 is 0 Å². The summed E-state index contributed by atoms with van der Waals surface area (Å²) >= 11 is 0. The van der Waals surface area contributed by atoms with E-state index in [1.165, 1.54) is 24.8 Å². The molecule has 0 fully saturated rings. The summed E-state index contributed by atoms with van der Waals surface area (Å²) in [4.78, 5) is 9.81. The molecule has 3 atom stereocenters. The Kier molecular flexibility index (Phi) is 5.09. The van der Waals surface area contributed by atoms with Gasteiger partial charge in [0.15, 0.2) is 0 Å². The third-order valence-corrected chi connectivity index (χ3v) is 6.74. The van der Waals surface area contributed by atoms with E-state index in [4.69, 9.17) is 0 Å². The Balaban J connectivity index is 0.000000324. The lowest BCUT2D eigenvalue weighted by Crippen LogP contribution is -2.32. The molecule has 0 aliphatic heterocycles. The second-order valence-corrected chi connectivity index (χ2v) is 8.36. The van der Waals surface area contributed by atoms with Crippen LogP contribution in [0, 0.1) is 17.3 Å². The lowest BCUT2D eigenvalue weighted by atomic mass is 9.60. The molecular weight excluding hydrogens is 308 g/mol. The fraction of sp³-hybridized carbons (Fsp3) is 0.609. The van der Waals surface area contributed by atoms with Crippen molar-refractivity contribution >= 4 is 5.78 Å². The van der Waals surface area contributed by atoms with E-state index in [0.29, 0.717) is 12.2 Å². The fourth-order valence-corrected chi connectivity index (χ4v) is 4.95. The first-order chi connectivity index (χ1) is 11.9. The molecule has 3 unspecified atom stereocenters. The van der Waals surface area contributed by atoms with Crippen LogP contribution in [0.2, 0.25) is 0 Å². The first-order valence-electron chi connectivity index (χ1n) is 9.89. The Morgan fingerprint density at radius 2 is 2.04 bits per heavy atom. The standard InChI is InChI=1S/C19H24O.C4H8O/c1-12-3-5-16-15(12)7-8-18-17(16)6-4-13-11-14(20)9-10-19(13,18)2;1-3-4(2)5/h4-5,11-12,15,20H,3,6-10H2,1-2H3;3H2,1-2H3. The summed E-state index contributed by atoms with van der Waals surface area (Å²) < 4.78 is 0. The van der Waals surface area contributed by atoms with Gasteiger partial charge >= 0.3 is 0 Å². The van der Waals surface area contributed by atoms with Crippen molar-refractivity contribution < 1.29 is 9.90 Å². The van der Waals surface area contributed by atoms with Gasteiger partial charge in [-0.1, -0.05) is 38.5 Å². The maximum atomic E-state index is 9.84. The molecule has 4 aliphatic rings. The molecule has 0 spiro atoms. The Morgan fingerprint density at radius 1 is 1.32 bits per heavy atom. The van der Waals surface area contributed by atoms with Crippen molar-refractivity contribution in [2.45, 2.75) is 72.6 Å². The average molecular weight is 341 g/mol. The molecule has 0 saturated carbocycles. The van der Waals surface area contributed by atoms with Crippen LogP contribution in [0.15, 0.2) is 46.3 Å². The molecule has 0 radical (unpaired) electrons. The molecule has 0 heterocycles. The smallest absolute Gasteiger partial charge is 0.129 e. The molecule has 2 nitrogen and oxygen atoms in total. The van der Waals surface area contributed by atoms with Crippen molar-refractivity contribution in [3.05, 3.63) is 46.3 Å². The average Bonchev–Trinajstić information content (AvgIpc) is 2.97. The molecular formula is C23H32O2. The van der Waals surface area contributed by atoms with Crippen LogP contribution in [0.5, 0.6) is 0 Å². The van der Waals surface area contributed by atoms with E-state index in [2.05, 4.69) is 26.0 Å². The Bertz CT molecular complexity index is 689. The number of aliphatic hydroxyl groups is 1. The van der Waals surface area contributed by atoms with E-state index in [1.54, 1.807) is 23.6 Å². The van der Waals surface area contributed by atoms with Crippen molar-refractivity contribution in [1.29, 1.82) is 0 Å². The maximum Gasteiger partial charge on any atom is 0.129 e. The number of ketones is 1. The molecule has 0 aromatic rings. The van der Waals surface area contributed by atoms with Crippen molar-refractivity contribution in [3.63, 3.8) is 0 Å². The van der Waals surface area contributed by atoms with E-state index >= 15 is 0 Å². The Labute approximate surface area is 152 Å². The SMILES string of the molecule is CC1CC=C2C3=C(CCC21)C1(C)CCC(O)=CC1=CC3.CCC(C)=O.